The first kappa shape index (κ1) is 11.2. The lowest BCUT2D eigenvalue weighted by Crippen LogP contribution is -2.12. The first-order valence-corrected chi connectivity index (χ1v) is 5.57. The van der Waals surface area contributed by atoms with Crippen LogP contribution in [0.5, 0.6) is 0 Å². The molecule has 0 saturated carbocycles. The first-order chi connectivity index (χ1) is 7.48. The van der Waals surface area contributed by atoms with E-state index in [0.29, 0.717) is 0 Å². The van der Waals surface area contributed by atoms with Gasteiger partial charge in [-0.15, -0.1) is 0 Å². The van der Waals surface area contributed by atoms with Crippen molar-refractivity contribution in [3.05, 3.63) is 41.2 Å². The second kappa shape index (κ2) is 3.95. The van der Waals surface area contributed by atoms with Crippen molar-refractivity contribution in [3.63, 3.8) is 0 Å². The highest BCUT2D eigenvalue weighted by Crippen LogP contribution is 2.32. The van der Waals surface area contributed by atoms with Crippen LogP contribution in [0.2, 0.25) is 5.02 Å². The highest BCUT2D eigenvalue weighted by molar-refractivity contribution is 6.30. The molecular formula is C13H14ClNO. The Hall–Kier alpha value is -1.28. The van der Waals surface area contributed by atoms with Crippen LogP contribution in [-0.4, -0.2) is 5.16 Å². The number of aromatic nitrogens is 1. The third-order valence-electron chi connectivity index (χ3n) is 2.44. The van der Waals surface area contributed by atoms with Gasteiger partial charge in [0.15, 0.2) is 0 Å². The van der Waals surface area contributed by atoms with Crippen LogP contribution < -0.4 is 0 Å². The smallest absolute Gasteiger partial charge is 0.131 e. The molecule has 0 fully saturated rings. The Morgan fingerprint density at radius 3 is 2.31 bits per heavy atom. The lowest BCUT2D eigenvalue weighted by molar-refractivity contribution is 0.393. The molecule has 16 heavy (non-hydrogen) atoms. The fraction of sp³-hybridized carbons (Fsp3) is 0.308. The van der Waals surface area contributed by atoms with Crippen LogP contribution in [0.1, 0.15) is 26.5 Å². The van der Waals surface area contributed by atoms with Gasteiger partial charge in [-0.1, -0.05) is 49.7 Å². The van der Waals surface area contributed by atoms with E-state index >= 15 is 0 Å². The third-order valence-corrected chi connectivity index (χ3v) is 2.69. The van der Waals surface area contributed by atoms with Crippen LogP contribution in [0.3, 0.4) is 0 Å². The molecule has 0 bridgehead atoms. The van der Waals surface area contributed by atoms with Gasteiger partial charge in [0.2, 0.25) is 0 Å². The van der Waals surface area contributed by atoms with Gasteiger partial charge in [-0.25, -0.2) is 0 Å². The molecule has 0 atom stereocenters. The number of halogens is 1. The number of benzene rings is 1. The minimum atomic E-state index is -0.0258. The minimum Gasteiger partial charge on any atom is -0.364 e. The van der Waals surface area contributed by atoms with E-state index in [0.717, 1.165) is 21.8 Å². The summed E-state index contributed by atoms with van der Waals surface area (Å²) in [5, 5.41) is 4.81. The molecule has 0 aliphatic rings. The molecule has 0 aliphatic carbocycles. The largest absolute Gasteiger partial charge is 0.364 e. The molecule has 1 aromatic heterocycles. The molecule has 0 N–H and O–H groups in total. The first-order valence-electron chi connectivity index (χ1n) is 5.19. The summed E-state index contributed by atoms with van der Waals surface area (Å²) in [7, 11) is 0. The summed E-state index contributed by atoms with van der Waals surface area (Å²) in [6.45, 7) is 6.35. The van der Waals surface area contributed by atoms with Crippen LogP contribution in [0, 0.1) is 0 Å². The van der Waals surface area contributed by atoms with Crippen molar-refractivity contribution in [3.8, 4) is 11.1 Å². The quantitative estimate of drug-likeness (QED) is 0.737. The number of nitrogens with zero attached hydrogens (tertiary/aromatic N) is 1. The lowest BCUT2D eigenvalue weighted by Gasteiger charge is -2.16. The molecular weight excluding hydrogens is 222 g/mol. The summed E-state index contributed by atoms with van der Waals surface area (Å²) < 4.78 is 5.07. The molecule has 0 aliphatic heterocycles. The Labute approximate surface area is 100 Å². The van der Waals surface area contributed by atoms with Crippen LogP contribution in [-0.2, 0) is 5.41 Å². The maximum atomic E-state index is 5.86. The standard InChI is InChI=1S/C13H14ClNO/c1-13(2,3)12-11(8-16-15-12)9-4-6-10(14)7-5-9/h4-8H,1-3H3. The van der Waals surface area contributed by atoms with Gasteiger partial charge in [-0.2, -0.15) is 0 Å². The second-order valence-corrected chi connectivity index (χ2v) is 5.27. The maximum absolute atomic E-state index is 5.86. The average Bonchev–Trinajstić information content (AvgIpc) is 2.66. The van der Waals surface area contributed by atoms with Crippen LogP contribution in [0.4, 0.5) is 0 Å². The maximum Gasteiger partial charge on any atom is 0.131 e. The molecule has 2 rings (SSSR count). The fourth-order valence-electron chi connectivity index (χ4n) is 1.61. The van der Waals surface area contributed by atoms with Gasteiger partial charge in [0.1, 0.15) is 6.26 Å². The molecule has 0 saturated heterocycles. The van der Waals surface area contributed by atoms with Gasteiger partial charge in [-0.05, 0) is 17.7 Å². The summed E-state index contributed by atoms with van der Waals surface area (Å²) in [4.78, 5) is 0. The van der Waals surface area contributed by atoms with Gasteiger partial charge in [0, 0.05) is 16.0 Å². The summed E-state index contributed by atoms with van der Waals surface area (Å²) in [5.41, 5.74) is 3.05. The topological polar surface area (TPSA) is 26.0 Å². The Kier molecular flexibility index (Phi) is 2.76. The normalized spacial score (nSPS) is 11.8. The predicted molar refractivity (Wildman–Crippen MR) is 65.6 cm³/mol. The van der Waals surface area contributed by atoms with E-state index in [9.17, 15) is 0 Å². The van der Waals surface area contributed by atoms with E-state index in [1.165, 1.54) is 0 Å². The van der Waals surface area contributed by atoms with E-state index in [4.69, 9.17) is 16.1 Å². The molecule has 1 heterocycles. The number of hydrogen-bond acceptors (Lipinski definition) is 2. The van der Waals surface area contributed by atoms with E-state index in [2.05, 4.69) is 25.9 Å². The zero-order chi connectivity index (χ0) is 11.8. The minimum absolute atomic E-state index is 0.0258. The van der Waals surface area contributed by atoms with E-state index in [-0.39, 0.29) is 5.41 Å². The van der Waals surface area contributed by atoms with Crippen molar-refractivity contribution >= 4 is 11.6 Å². The molecule has 84 valence electrons. The van der Waals surface area contributed by atoms with Gasteiger partial charge < -0.3 is 4.52 Å². The van der Waals surface area contributed by atoms with Crippen LogP contribution >= 0.6 is 11.6 Å². The summed E-state index contributed by atoms with van der Waals surface area (Å²) in [6.07, 6.45) is 1.68. The molecule has 0 amide bonds. The Bertz CT molecular complexity index is 479. The summed E-state index contributed by atoms with van der Waals surface area (Å²) >= 11 is 5.86. The molecule has 1 aromatic carbocycles. The van der Waals surface area contributed by atoms with Crippen molar-refractivity contribution in [2.75, 3.05) is 0 Å². The Morgan fingerprint density at radius 2 is 1.75 bits per heavy atom. The monoisotopic (exact) mass is 235 g/mol. The lowest BCUT2D eigenvalue weighted by atomic mass is 9.87. The highest BCUT2D eigenvalue weighted by atomic mass is 35.5. The second-order valence-electron chi connectivity index (χ2n) is 4.83. The van der Waals surface area contributed by atoms with Crippen molar-refractivity contribution < 1.29 is 4.52 Å². The van der Waals surface area contributed by atoms with Crippen molar-refractivity contribution in [1.82, 2.24) is 5.16 Å². The molecule has 3 heteroatoms. The van der Waals surface area contributed by atoms with E-state index in [1.807, 2.05) is 24.3 Å². The zero-order valence-electron chi connectivity index (χ0n) is 9.62. The molecule has 2 nitrogen and oxygen atoms in total. The molecule has 0 spiro atoms. The van der Waals surface area contributed by atoms with Gasteiger partial charge >= 0.3 is 0 Å². The predicted octanol–water partition coefficient (Wildman–Crippen LogP) is 4.29. The molecule has 2 aromatic rings. The Morgan fingerprint density at radius 1 is 1.12 bits per heavy atom. The number of rotatable bonds is 1. The van der Waals surface area contributed by atoms with E-state index in [1.54, 1.807) is 6.26 Å². The SMILES string of the molecule is CC(C)(C)c1nocc1-c1ccc(Cl)cc1. The number of hydrogen-bond donors (Lipinski definition) is 0. The van der Waals surface area contributed by atoms with Gasteiger partial charge in [0.25, 0.3) is 0 Å². The van der Waals surface area contributed by atoms with Crippen LogP contribution in [0.25, 0.3) is 11.1 Å². The van der Waals surface area contributed by atoms with Gasteiger partial charge in [0.05, 0.1) is 5.69 Å². The average molecular weight is 236 g/mol. The van der Waals surface area contributed by atoms with Crippen molar-refractivity contribution in [1.29, 1.82) is 0 Å². The zero-order valence-corrected chi connectivity index (χ0v) is 10.4. The molecule has 0 radical (unpaired) electrons. The summed E-state index contributed by atoms with van der Waals surface area (Å²) in [5.74, 6) is 0. The fourth-order valence-corrected chi connectivity index (χ4v) is 1.74. The summed E-state index contributed by atoms with van der Waals surface area (Å²) in [6, 6.07) is 7.70. The molecule has 0 unspecified atom stereocenters. The van der Waals surface area contributed by atoms with E-state index < -0.39 is 0 Å². The Balaban J connectivity index is 2.49. The highest BCUT2D eigenvalue weighted by Gasteiger charge is 2.22. The van der Waals surface area contributed by atoms with Crippen LogP contribution in [0.15, 0.2) is 35.1 Å². The third kappa shape index (κ3) is 2.12. The van der Waals surface area contributed by atoms with Crippen molar-refractivity contribution in [2.45, 2.75) is 26.2 Å². The van der Waals surface area contributed by atoms with Crippen molar-refractivity contribution in [2.24, 2.45) is 0 Å². The van der Waals surface area contributed by atoms with Gasteiger partial charge in [-0.3, -0.25) is 0 Å².